The zero-order valence-electron chi connectivity index (χ0n) is 7.44. The van der Waals surface area contributed by atoms with Crippen LogP contribution in [0.2, 0.25) is 0 Å². The van der Waals surface area contributed by atoms with Crippen LogP contribution in [0.1, 0.15) is 5.76 Å². The maximum atomic E-state index is 10.7. The Hall–Kier alpha value is -1.16. The SMILES string of the molecule is COC(=O)/C=C/Sc1ccoc1C. The average molecular weight is 198 g/mol. The van der Waals surface area contributed by atoms with Crippen LogP contribution >= 0.6 is 11.8 Å². The van der Waals surface area contributed by atoms with Gasteiger partial charge in [-0.15, -0.1) is 0 Å². The Kier molecular flexibility index (Phi) is 3.64. The predicted molar refractivity (Wildman–Crippen MR) is 50.5 cm³/mol. The molecule has 0 aromatic carbocycles. The van der Waals surface area contributed by atoms with E-state index < -0.39 is 0 Å². The molecule has 0 spiro atoms. The summed E-state index contributed by atoms with van der Waals surface area (Å²) in [7, 11) is 1.35. The molecular weight excluding hydrogens is 188 g/mol. The molecule has 4 heteroatoms. The third-order valence-corrected chi connectivity index (χ3v) is 2.36. The first-order valence-corrected chi connectivity index (χ1v) is 4.57. The van der Waals surface area contributed by atoms with Crippen molar-refractivity contribution in [2.24, 2.45) is 0 Å². The number of esters is 1. The van der Waals surface area contributed by atoms with Crippen molar-refractivity contribution in [1.29, 1.82) is 0 Å². The van der Waals surface area contributed by atoms with Gasteiger partial charge >= 0.3 is 5.97 Å². The summed E-state index contributed by atoms with van der Waals surface area (Å²) >= 11 is 1.42. The molecule has 1 aromatic heterocycles. The minimum Gasteiger partial charge on any atom is -0.468 e. The van der Waals surface area contributed by atoms with Gasteiger partial charge in [0.15, 0.2) is 0 Å². The zero-order chi connectivity index (χ0) is 9.68. The molecule has 1 heterocycles. The minimum atomic E-state index is -0.353. The molecule has 0 bridgehead atoms. The van der Waals surface area contributed by atoms with Crippen molar-refractivity contribution in [3.8, 4) is 0 Å². The first-order chi connectivity index (χ1) is 6.24. The summed E-state index contributed by atoms with van der Waals surface area (Å²) in [6, 6.07) is 1.85. The van der Waals surface area contributed by atoms with E-state index in [-0.39, 0.29) is 5.97 Å². The zero-order valence-corrected chi connectivity index (χ0v) is 8.26. The van der Waals surface area contributed by atoms with Crippen LogP contribution < -0.4 is 0 Å². The van der Waals surface area contributed by atoms with Crippen molar-refractivity contribution < 1.29 is 13.9 Å². The van der Waals surface area contributed by atoms with Gasteiger partial charge in [0.25, 0.3) is 0 Å². The van der Waals surface area contributed by atoms with Crippen molar-refractivity contribution in [3.63, 3.8) is 0 Å². The van der Waals surface area contributed by atoms with Gasteiger partial charge in [0, 0.05) is 6.08 Å². The van der Waals surface area contributed by atoms with Crippen molar-refractivity contribution in [2.75, 3.05) is 7.11 Å². The maximum Gasteiger partial charge on any atom is 0.330 e. The third kappa shape index (κ3) is 2.99. The van der Waals surface area contributed by atoms with E-state index in [1.54, 1.807) is 11.7 Å². The van der Waals surface area contributed by atoms with E-state index in [0.717, 1.165) is 10.7 Å². The van der Waals surface area contributed by atoms with Gasteiger partial charge in [0.05, 0.1) is 18.3 Å². The van der Waals surface area contributed by atoms with Crippen molar-refractivity contribution in [2.45, 2.75) is 11.8 Å². The Bertz CT molecular complexity index is 314. The Labute approximate surface area is 80.8 Å². The lowest BCUT2D eigenvalue weighted by atomic mass is 10.5. The molecule has 0 aliphatic heterocycles. The summed E-state index contributed by atoms with van der Waals surface area (Å²) in [6.45, 7) is 1.87. The molecule has 1 aromatic rings. The highest BCUT2D eigenvalue weighted by Gasteiger charge is 1.99. The second kappa shape index (κ2) is 4.77. The van der Waals surface area contributed by atoms with E-state index in [1.165, 1.54) is 24.9 Å². The number of aryl methyl sites for hydroxylation is 1. The number of hydrogen-bond acceptors (Lipinski definition) is 4. The molecule has 0 fully saturated rings. The molecule has 70 valence electrons. The molecule has 0 saturated heterocycles. The van der Waals surface area contributed by atoms with E-state index in [2.05, 4.69) is 4.74 Å². The van der Waals surface area contributed by atoms with Crippen LogP contribution in [0.3, 0.4) is 0 Å². The molecule has 0 radical (unpaired) electrons. The molecule has 0 aliphatic carbocycles. The van der Waals surface area contributed by atoms with Gasteiger partial charge in [-0.1, -0.05) is 11.8 Å². The summed E-state index contributed by atoms with van der Waals surface area (Å²) in [5, 5.41) is 1.67. The summed E-state index contributed by atoms with van der Waals surface area (Å²) in [5.74, 6) is 0.494. The fourth-order valence-electron chi connectivity index (χ4n) is 0.726. The average Bonchev–Trinajstić information content (AvgIpc) is 2.52. The number of methoxy groups -OCH3 is 1. The van der Waals surface area contributed by atoms with Gasteiger partial charge in [0.1, 0.15) is 5.76 Å². The summed E-state index contributed by atoms with van der Waals surface area (Å²) in [4.78, 5) is 11.7. The summed E-state index contributed by atoms with van der Waals surface area (Å²) in [5.41, 5.74) is 0. The lowest BCUT2D eigenvalue weighted by Crippen LogP contribution is -1.92. The minimum absolute atomic E-state index is 0.353. The number of thioether (sulfide) groups is 1. The van der Waals surface area contributed by atoms with E-state index in [1.807, 2.05) is 13.0 Å². The van der Waals surface area contributed by atoms with Gasteiger partial charge < -0.3 is 9.15 Å². The first kappa shape index (κ1) is 9.92. The molecule has 0 unspecified atom stereocenters. The Morgan fingerprint density at radius 2 is 2.46 bits per heavy atom. The fourth-order valence-corrected chi connectivity index (χ4v) is 1.40. The molecule has 13 heavy (non-hydrogen) atoms. The van der Waals surface area contributed by atoms with Crippen LogP contribution in [-0.2, 0) is 9.53 Å². The molecule has 0 atom stereocenters. The van der Waals surface area contributed by atoms with Gasteiger partial charge in [-0.05, 0) is 18.4 Å². The molecule has 0 saturated carbocycles. The highest BCUT2D eigenvalue weighted by Crippen LogP contribution is 2.23. The molecule has 3 nitrogen and oxygen atoms in total. The van der Waals surface area contributed by atoms with Gasteiger partial charge in [-0.3, -0.25) is 0 Å². The standard InChI is InChI=1S/C9H10O3S/c1-7-8(3-5-12-7)13-6-4-9(10)11-2/h3-6H,1-2H3/b6-4+. The maximum absolute atomic E-state index is 10.7. The van der Waals surface area contributed by atoms with Crippen LogP contribution in [-0.4, -0.2) is 13.1 Å². The monoisotopic (exact) mass is 198 g/mol. The highest BCUT2D eigenvalue weighted by atomic mass is 32.2. The summed E-state index contributed by atoms with van der Waals surface area (Å²) in [6.07, 6.45) is 2.99. The largest absolute Gasteiger partial charge is 0.468 e. The number of carbonyl (C=O) groups excluding carboxylic acids is 1. The van der Waals surface area contributed by atoms with Crippen LogP contribution in [0.15, 0.2) is 33.1 Å². The molecule has 1 rings (SSSR count). The van der Waals surface area contributed by atoms with Gasteiger partial charge in [0.2, 0.25) is 0 Å². The predicted octanol–water partition coefficient (Wildman–Crippen LogP) is 2.37. The second-order valence-electron chi connectivity index (χ2n) is 2.28. The van der Waals surface area contributed by atoms with E-state index in [9.17, 15) is 4.79 Å². The van der Waals surface area contributed by atoms with Gasteiger partial charge in [-0.25, -0.2) is 4.79 Å². The van der Waals surface area contributed by atoms with Gasteiger partial charge in [-0.2, -0.15) is 0 Å². The van der Waals surface area contributed by atoms with Crippen molar-refractivity contribution in [3.05, 3.63) is 29.6 Å². The van der Waals surface area contributed by atoms with E-state index in [4.69, 9.17) is 4.42 Å². The van der Waals surface area contributed by atoms with Crippen LogP contribution in [0.4, 0.5) is 0 Å². The highest BCUT2D eigenvalue weighted by molar-refractivity contribution is 8.02. The lowest BCUT2D eigenvalue weighted by Gasteiger charge is -1.91. The third-order valence-electron chi connectivity index (χ3n) is 1.41. The quantitative estimate of drug-likeness (QED) is 0.424. The number of rotatable bonds is 3. The smallest absolute Gasteiger partial charge is 0.330 e. The molecule has 0 amide bonds. The van der Waals surface area contributed by atoms with Crippen molar-refractivity contribution >= 4 is 17.7 Å². The number of furan rings is 1. The topological polar surface area (TPSA) is 39.4 Å². The number of ether oxygens (including phenoxy) is 1. The van der Waals surface area contributed by atoms with Crippen molar-refractivity contribution in [1.82, 2.24) is 0 Å². The van der Waals surface area contributed by atoms with E-state index in [0.29, 0.717) is 0 Å². The van der Waals surface area contributed by atoms with Crippen LogP contribution in [0.5, 0.6) is 0 Å². The molecular formula is C9H10O3S. The Morgan fingerprint density at radius 3 is 3.00 bits per heavy atom. The number of carbonyl (C=O) groups is 1. The van der Waals surface area contributed by atoms with Crippen LogP contribution in [0.25, 0.3) is 0 Å². The van der Waals surface area contributed by atoms with Crippen LogP contribution in [0, 0.1) is 6.92 Å². The summed E-state index contributed by atoms with van der Waals surface area (Å²) < 4.78 is 9.51. The Morgan fingerprint density at radius 1 is 1.69 bits per heavy atom. The fraction of sp³-hybridized carbons (Fsp3) is 0.222. The normalized spacial score (nSPS) is 10.6. The number of hydrogen-bond donors (Lipinski definition) is 0. The lowest BCUT2D eigenvalue weighted by molar-refractivity contribution is -0.134. The second-order valence-corrected chi connectivity index (χ2v) is 3.23. The first-order valence-electron chi connectivity index (χ1n) is 3.69. The molecule has 0 aliphatic rings. The Balaban J connectivity index is 2.48. The van der Waals surface area contributed by atoms with E-state index >= 15 is 0 Å². The molecule has 0 N–H and O–H groups in total.